The molecule has 2 aromatic rings. The highest BCUT2D eigenvalue weighted by Gasteiger charge is 2.31. The molecule has 4 heteroatoms. The van der Waals surface area contributed by atoms with E-state index >= 15 is 0 Å². The Labute approximate surface area is 106 Å². The van der Waals surface area contributed by atoms with Crippen molar-refractivity contribution < 1.29 is 4.74 Å². The molecule has 0 atom stereocenters. The Morgan fingerprint density at radius 3 is 2.50 bits per heavy atom. The minimum atomic E-state index is 0.589. The van der Waals surface area contributed by atoms with E-state index in [1.807, 2.05) is 31.3 Å². The summed E-state index contributed by atoms with van der Waals surface area (Å²) in [5, 5.41) is 4.55. The van der Waals surface area contributed by atoms with E-state index in [4.69, 9.17) is 10.5 Å². The first-order valence-electron chi connectivity index (χ1n) is 6.17. The van der Waals surface area contributed by atoms with Gasteiger partial charge in [0.2, 0.25) is 0 Å². The number of anilines is 1. The summed E-state index contributed by atoms with van der Waals surface area (Å²) in [5.74, 6) is 2.18. The van der Waals surface area contributed by atoms with Gasteiger partial charge in [0.15, 0.2) is 0 Å². The lowest BCUT2D eigenvalue weighted by atomic mass is 10.0. The molecule has 1 aromatic carbocycles. The van der Waals surface area contributed by atoms with E-state index < -0.39 is 0 Å². The summed E-state index contributed by atoms with van der Waals surface area (Å²) in [7, 11) is 3.57. The Hall–Kier alpha value is -1.97. The Kier molecular flexibility index (Phi) is 2.51. The smallest absolute Gasteiger partial charge is 0.129 e. The normalized spacial score (nSPS) is 14.8. The van der Waals surface area contributed by atoms with Gasteiger partial charge in [-0.1, -0.05) is 12.1 Å². The lowest BCUT2D eigenvalue weighted by Gasteiger charge is -2.05. The maximum atomic E-state index is 6.14. The molecule has 1 aromatic heterocycles. The summed E-state index contributed by atoms with van der Waals surface area (Å²) in [6, 6.07) is 7.99. The van der Waals surface area contributed by atoms with E-state index in [0.29, 0.717) is 5.92 Å². The number of methoxy groups -OCH3 is 1. The van der Waals surface area contributed by atoms with E-state index in [1.54, 1.807) is 11.8 Å². The number of hydrogen-bond acceptors (Lipinski definition) is 3. The summed E-state index contributed by atoms with van der Waals surface area (Å²) >= 11 is 0. The summed E-state index contributed by atoms with van der Waals surface area (Å²) in [5.41, 5.74) is 9.48. The first kappa shape index (κ1) is 11.1. The molecule has 1 fully saturated rings. The van der Waals surface area contributed by atoms with Crippen LogP contribution < -0.4 is 10.5 Å². The van der Waals surface area contributed by atoms with Gasteiger partial charge in [0, 0.05) is 18.5 Å². The van der Waals surface area contributed by atoms with Gasteiger partial charge in [0.1, 0.15) is 11.6 Å². The first-order chi connectivity index (χ1) is 8.70. The van der Waals surface area contributed by atoms with Crippen LogP contribution in [0.2, 0.25) is 0 Å². The fourth-order valence-electron chi connectivity index (χ4n) is 2.25. The van der Waals surface area contributed by atoms with Crippen LogP contribution in [0.15, 0.2) is 24.3 Å². The van der Waals surface area contributed by atoms with E-state index in [0.717, 1.165) is 28.4 Å². The number of hydrogen-bond donors (Lipinski definition) is 1. The van der Waals surface area contributed by atoms with Crippen LogP contribution >= 0.6 is 0 Å². The molecular formula is C14H17N3O. The quantitative estimate of drug-likeness (QED) is 0.901. The van der Waals surface area contributed by atoms with Crippen LogP contribution in [0.3, 0.4) is 0 Å². The Morgan fingerprint density at radius 1 is 1.28 bits per heavy atom. The molecule has 2 N–H and O–H groups in total. The summed E-state index contributed by atoms with van der Waals surface area (Å²) < 4.78 is 6.95. The first-order valence-corrected chi connectivity index (χ1v) is 6.17. The van der Waals surface area contributed by atoms with Crippen LogP contribution in [0.5, 0.6) is 5.75 Å². The van der Waals surface area contributed by atoms with Gasteiger partial charge in [0.05, 0.1) is 12.8 Å². The van der Waals surface area contributed by atoms with Crippen molar-refractivity contribution >= 4 is 5.82 Å². The van der Waals surface area contributed by atoms with Crippen molar-refractivity contribution in [3.8, 4) is 16.9 Å². The predicted molar refractivity (Wildman–Crippen MR) is 71.6 cm³/mol. The predicted octanol–water partition coefficient (Wildman–Crippen LogP) is 2.56. The van der Waals surface area contributed by atoms with E-state index in [2.05, 4.69) is 5.10 Å². The van der Waals surface area contributed by atoms with Gasteiger partial charge in [-0.25, -0.2) is 0 Å². The van der Waals surface area contributed by atoms with E-state index in [-0.39, 0.29) is 0 Å². The van der Waals surface area contributed by atoms with Gasteiger partial charge in [-0.05, 0) is 30.5 Å². The van der Waals surface area contributed by atoms with Crippen molar-refractivity contribution in [2.24, 2.45) is 7.05 Å². The van der Waals surface area contributed by atoms with Crippen LogP contribution in [0.1, 0.15) is 24.5 Å². The van der Waals surface area contributed by atoms with Gasteiger partial charge in [0.25, 0.3) is 0 Å². The van der Waals surface area contributed by atoms with Gasteiger partial charge in [-0.15, -0.1) is 0 Å². The van der Waals surface area contributed by atoms with E-state index in [9.17, 15) is 0 Å². The van der Waals surface area contributed by atoms with Gasteiger partial charge >= 0.3 is 0 Å². The molecule has 0 saturated heterocycles. The molecule has 3 rings (SSSR count). The zero-order chi connectivity index (χ0) is 12.7. The number of nitrogen functional groups attached to an aromatic ring is 1. The Bertz CT molecular complexity index is 567. The van der Waals surface area contributed by atoms with Crippen molar-refractivity contribution in [2.45, 2.75) is 18.8 Å². The van der Waals surface area contributed by atoms with Crippen molar-refractivity contribution in [3.63, 3.8) is 0 Å². The number of benzene rings is 1. The van der Waals surface area contributed by atoms with Gasteiger partial charge in [-0.3, -0.25) is 4.68 Å². The molecular weight excluding hydrogens is 226 g/mol. The van der Waals surface area contributed by atoms with Crippen LogP contribution in [-0.2, 0) is 7.05 Å². The molecule has 0 spiro atoms. The van der Waals surface area contributed by atoms with E-state index in [1.165, 1.54) is 12.8 Å². The standard InChI is InChI=1S/C14H17N3O/c1-17-14(15)12(13(16-17)10-3-4-10)9-5-7-11(18-2)8-6-9/h5-8,10H,3-4,15H2,1-2H3. The maximum Gasteiger partial charge on any atom is 0.129 e. The number of nitrogens with zero attached hydrogens (tertiary/aromatic N) is 2. The maximum absolute atomic E-state index is 6.14. The average molecular weight is 243 g/mol. The molecule has 0 aliphatic heterocycles. The third kappa shape index (κ3) is 1.74. The molecule has 1 aliphatic carbocycles. The zero-order valence-corrected chi connectivity index (χ0v) is 10.7. The third-order valence-electron chi connectivity index (χ3n) is 3.46. The highest BCUT2D eigenvalue weighted by molar-refractivity contribution is 5.77. The second-order valence-corrected chi connectivity index (χ2v) is 4.77. The van der Waals surface area contributed by atoms with Crippen molar-refractivity contribution in [1.82, 2.24) is 9.78 Å². The molecule has 1 aliphatic rings. The van der Waals surface area contributed by atoms with Gasteiger partial charge < -0.3 is 10.5 Å². The topological polar surface area (TPSA) is 53.1 Å². The van der Waals surface area contributed by atoms with Crippen molar-refractivity contribution in [3.05, 3.63) is 30.0 Å². The number of ether oxygens (including phenoxy) is 1. The minimum Gasteiger partial charge on any atom is -0.497 e. The molecule has 1 saturated carbocycles. The second-order valence-electron chi connectivity index (χ2n) is 4.77. The molecule has 0 radical (unpaired) electrons. The van der Waals surface area contributed by atoms with Crippen LogP contribution in [-0.4, -0.2) is 16.9 Å². The fraction of sp³-hybridized carbons (Fsp3) is 0.357. The summed E-state index contributed by atoms with van der Waals surface area (Å²) in [6.07, 6.45) is 2.44. The minimum absolute atomic E-state index is 0.589. The number of nitrogens with two attached hydrogens (primary N) is 1. The molecule has 0 unspecified atom stereocenters. The molecule has 0 bridgehead atoms. The zero-order valence-electron chi connectivity index (χ0n) is 10.7. The third-order valence-corrected chi connectivity index (χ3v) is 3.46. The number of aromatic nitrogens is 2. The molecule has 94 valence electrons. The highest BCUT2D eigenvalue weighted by Crippen LogP contribution is 2.45. The molecule has 18 heavy (non-hydrogen) atoms. The largest absolute Gasteiger partial charge is 0.497 e. The van der Waals surface area contributed by atoms with Crippen LogP contribution in [0.25, 0.3) is 11.1 Å². The fourth-order valence-corrected chi connectivity index (χ4v) is 2.25. The SMILES string of the molecule is COc1ccc(-c2c(C3CC3)nn(C)c2N)cc1. The lowest BCUT2D eigenvalue weighted by molar-refractivity contribution is 0.415. The summed E-state index contributed by atoms with van der Waals surface area (Å²) in [4.78, 5) is 0. The van der Waals surface area contributed by atoms with Crippen LogP contribution in [0.4, 0.5) is 5.82 Å². The highest BCUT2D eigenvalue weighted by atomic mass is 16.5. The number of aryl methyl sites for hydroxylation is 1. The van der Waals surface area contributed by atoms with Gasteiger partial charge in [-0.2, -0.15) is 5.10 Å². The molecule has 4 nitrogen and oxygen atoms in total. The monoisotopic (exact) mass is 243 g/mol. The number of rotatable bonds is 3. The van der Waals surface area contributed by atoms with Crippen molar-refractivity contribution in [1.29, 1.82) is 0 Å². The summed E-state index contributed by atoms with van der Waals surface area (Å²) in [6.45, 7) is 0. The molecule has 0 amide bonds. The Morgan fingerprint density at radius 2 is 1.94 bits per heavy atom. The van der Waals surface area contributed by atoms with Crippen LogP contribution in [0, 0.1) is 0 Å². The van der Waals surface area contributed by atoms with Crippen molar-refractivity contribution in [2.75, 3.05) is 12.8 Å². The lowest BCUT2D eigenvalue weighted by Crippen LogP contribution is -1.98. The average Bonchev–Trinajstić information content (AvgIpc) is 3.18. The molecule has 1 heterocycles. The Balaban J connectivity index is 2.08. The second kappa shape index (κ2) is 4.05.